The molecule has 1 aliphatic heterocycles. The van der Waals surface area contributed by atoms with Crippen LogP contribution in [0.2, 0.25) is 5.02 Å². The van der Waals surface area contributed by atoms with Crippen LogP contribution in [0.5, 0.6) is 0 Å². The van der Waals surface area contributed by atoms with E-state index >= 15 is 0 Å². The summed E-state index contributed by atoms with van der Waals surface area (Å²) in [6, 6.07) is 4.19. The van der Waals surface area contributed by atoms with E-state index in [1.54, 1.807) is 28.4 Å². The molecule has 34 heavy (non-hydrogen) atoms. The molecule has 10 heteroatoms. The van der Waals surface area contributed by atoms with Gasteiger partial charge in [-0.2, -0.15) is 5.10 Å². The number of likely N-dealkylation sites (N-methyl/N-ethyl adjacent to an activating group) is 1. The second-order valence-electron chi connectivity index (χ2n) is 9.29. The van der Waals surface area contributed by atoms with Gasteiger partial charge in [-0.3, -0.25) is 4.79 Å². The number of carbonyl (C=O) groups is 1. The Kier molecular flexibility index (Phi) is 5.43. The van der Waals surface area contributed by atoms with E-state index in [9.17, 15) is 4.79 Å². The van der Waals surface area contributed by atoms with E-state index in [2.05, 4.69) is 44.2 Å². The molecule has 2 atom stereocenters. The van der Waals surface area contributed by atoms with Crippen molar-refractivity contribution in [3.8, 4) is 0 Å². The van der Waals surface area contributed by atoms with Gasteiger partial charge in [0.1, 0.15) is 17.0 Å². The Labute approximate surface area is 206 Å². The largest absolute Gasteiger partial charge is 0.340 e. The Morgan fingerprint density at radius 2 is 2.15 bits per heavy atom. The van der Waals surface area contributed by atoms with Crippen molar-refractivity contribution >= 4 is 56.1 Å². The maximum absolute atomic E-state index is 13.3. The minimum atomic E-state index is 0.0410. The van der Waals surface area contributed by atoms with E-state index in [4.69, 9.17) is 11.6 Å². The van der Waals surface area contributed by atoms with Gasteiger partial charge in [-0.1, -0.05) is 11.6 Å². The zero-order chi connectivity index (χ0) is 23.4. The fraction of sp³-hybridized carbons (Fsp3) is 0.417. The number of rotatable bonds is 3. The molecule has 176 valence electrons. The average molecular weight is 496 g/mol. The number of anilines is 2. The Hall–Kier alpha value is -2.75. The number of piperazine rings is 1. The van der Waals surface area contributed by atoms with Crippen LogP contribution in [0.1, 0.15) is 23.8 Å². The van der Waals surface area contributed by atoms with Crippen LogP contribution in [0, 0.1) is 5.92 Å². The van der Waals surface area contributed by atoms with Crippen LogP contribution >= 0.6 is 22.9 Å². The molecule has 1 fully saturated rings. The number of amides is 1. The smallest absolute Gasteiger partial charge is 0.226 e. The third-order valence-electron chi connectivity index (χ3n) is 7.23. The van der Waals surface area contributed by atoms with Gasteiger partial charge in [0.25, 0.3) is 0 Å². The first-order valence-corrected chi connectivity index (χ1v) is 12.8. The van der Waals surface area contributed by atoms with Gasteiger partial charge in [0.15, 0.2) is 0 Å². The zero-order valence-corrected chi connectivity index (χ0v) is 20.7. The number of carbonyl (C=O) groups excluding carboxylic acids is 1. The van der Waals surface area contributed by atoms with Crippen molar-refractivity contribution in [3.05, 3.63) is 46.3 Å². The van der Waals surface area contributed by atoms with Gasteiger partial charge in [-0.15, -0.1) is 11.3 Å². The first kappa shape index (κ1) is 21.8. The normalized spacial score (nSPS) is 21.2. The van der Waals surface area contributed by atoms with Gasteiger partial charge in [0.05, 0.1) is 27.8 Å². The maximum Gasteiger partial charge on any atom is 0.226 e. The molecule has 1 saturated heterocycles. The molecule has 4 aromatic heterocycles. The molecular weight excluding hydrogens is 470 g/mol. The number of thiophene rings is 1. The number of aromatic nitrogens is 4. The Morgan fingerprint density at radius 1 is 1.26 bits per heavy atom. The Balaban J connectivity index is 1.28. The van der Waals surface area contributed by atoms with Crippen LogP contribution < -0.4 is 5.32 Å². The molecule has 0 unspecified atom stereocenters. The lowest BCUT2D eigenvalue weighted by atomic mass is 9.86. The number of hydrogen-bond donors (Lipinski definition) is 1. The van der Waals surface area contributed by atoms with Crippen LogP contribution in [0.4, 0.5) is 11.5 Å². The van der Waals surface area contributed by atoms with Gasteiger partial charge < -0.3 is 15.1 Å². The van der Waals surface area contributed by atoms with Crippen molar-refractivity contribution in [2.45, 2.75) is 32.2 Å². The second-order valence-corrected chi connectivity index (χ2v) is 10.8. The Morgan fingerprint density at radius 3 is 3.00 bits per heavy atom. The summed E-state index contributed by atoms with van der Waals surface area (Å²) in [7, 11) is 2.13. The van der Waals surface area contributed by atoms with E-state index in [1.165, 1.54) is 10.4 Å². The van der Waals surface area contributed by atoms with Crippen LogP contribution in [-0.4, -0.2) is 68.0 Å². The van der Waals surface area contributed by atoms with Crippen LogP contribution in [0.15, 0.2) is 30.9 Å². The first-order chi connectivity index (χ1) is 16.5. The number of fused-ring (bicyclic) bond motifs is 4. The summed E-state index contributed by atoms with van der Waals surface area (Å²) in [5.41, 5.74) is 2.88. The minimum Gasteiger partial charge on any atom is -0.340 e. The lowest BCUT2D eigenvalue weighted by Gasteiger charge is -2.39. The van der Waals surface area contributed by atoms with Crippen molar-refractivity contribution in [2.75, 3.05) is 32.0 Å². The fourth-order valence-electron chi connectivity index (χ4n) is 5.11. The molecule has 8 nitrogen and oxygen atoms in total. The van der Waals surface area contributed by atoms with Gasteiger partial charge in [0, 0.05) is 42.7 Å². The molecule has 0 radical (unpaired) electrons. The molecule has 0 spiro atoms. The lowest BCUT2D eigenvalue weighted by Crippen LogP contribution is -2.53. The highest BCUT2D eigenvalue weighted by Gasteiger charge is 2.33. The van der Waals surface area contributed by atoms with Crippen molar-refractivity contribution < 1.29 is 4.79 Å². The van der Waals surface area contributed by atoms with Gasteiger partial charge >= 0.3 is 0 Å². The predicted octanol–water partition coefficient (Wildman–Crippen LogP) is 4.00. The summed E-state index contributed by atoms with van der Waals surface area (Å²) in [6.45, 7) is 4.75. The van der Waals surface area contributed by atoms with Gasteiger partial charge in [-0.05, 0) is 50.9 Å². The highest BCUT2D eigenvalue weighted by molar-refractivity contribution is 7.19. The van der Waals surface area contributed by atoms with Crippen molar-refractivity contribution in [1.29, 1.82) is 0 Å². The van der Waals surface area contributed by atoms with E-state index < -0.39 is 0 Å². The summed E-state index contributed by atoms with van der Waals surface area (Å²) in [5.74, 6) is 1.10. The zero-order valence-electron chi connectivity index (χ0n) is 19.2. The van der Waals surface area contributed by atoms with E-state index in [0.717, 1.165) is 66.1 Å². The SMILES string of the molecule is C[C@H]1CN(C(=O)[C@H]2CCc3c(sc4ncnc(Nc5ccn6nccc6c5Cl)c34)C2)CCN1C. The quantitative estimate of drug-likeness (QED) is 0.463. The third-order valence-corrected chi connectivity index (χ3v) is 8.79. The second kappa shape index (κ2) is 8.48. The summed E-state index contributed by atoms with van der Waals surface area (Å²) in [6.07, 6.45) is 7.68. The number of hydrogen-bond acceptors (Lipinski definition) is 7. The monoisotopic (exact) mass is 495 g/mol. The number of pyridine rings is 1. The molecule has 0 aromatic carbocycles. The van der Waals surface area contributed by atoms with Crippen molar-refractivity contribution in [1.82, 2.24) is 29.4 Å². The van der Waals surface area contributed by atoms with Crippen LogP contribution in [0.3, 0.4) is 0 Å². The first-order valence-electron chi connectivity index (χ1n) is 11.6. The highest BCUT2D eigenvalue weighted by atomic mass is 35.5. The third kappa shape index (κ3) is 3.62. The van der Waals surface area contributed by atoms with Crippen LogP contribution in [0.25, 0.3) is 15.7 Å². The molecule has 1 amide bonds. The number of aryl methyl sites for hydroxylation is 1. The molecule has 1 N–H and O–H groups in total. The molecule has 5 heterocycles. The lowest BCUT2D eigenvalue weighted by molar-refractivity contribution is -0.138. The predicted molar refractivity (Wildman–Crippen MR) is 135 cm³/mol. The number of nitrogens with one attached hydrogen (secondary N) is 1. The van der Waals surface area contributed by atoms with Gasteiger partial charge in [-0.25, -0.2) is 14.5 Å². The summed E-state index contributed by atoms with van der Waals surface area (Å²) < 4.78 is 1.74. The molecule has 2 aliphatic rings. The average Bonchev–Trinajstić information content (AvgIpc) is 3.47. The molecular formula is C24H26ClN7OS. The molecule has 4 aromatic rings. The highest BCUT2D eigenvalue weighted by Crippen LogP contribution is 2.41. The van der Waals surface area contributed by atoms with Crippen molar-refractivity contribution in [3.63, 3.8) is 0 Å². The number of halogens is 1. The fourth-order valence-corrected chi connectivity index (χ4v) is 6.64. The molecule has 6 rings (SSSR count). The summed E-state index contributed by atoms with van der Waals surface area (Å²) in [5, 5.41) is 9.31. The van der Waals surface area contributed by atoms with Crippen molar-refractivity contribution in [2.24, 2.45) is 5.92 Å². The Bertz CT molecular complexity index is 1400. The topological polar surface area (TPSA) is 78.7 Å². The number of nitrogens with zero attached hydrogens (tertiary/aromatic N) is 6. The minimum absolute atomic E-state index is 0.0410. The van der Waals surface area contributed by atoms with Gasteiger partial charge in [0.2, 0.25) is 5.91 Å². The van der Waals surface area contributed by atoms with Crippen LogP contribution in [-0.2, 0) is 17.6 Å². The maximum atomic E-state index is 13.3. The standard InChI is InChI=1S/C24H26ClN7OS/c1-14-12-31(10-9-30(14)2)24(33)15-3-4-16-19(11-15)34-23-20(16)22(26-13-27-23)29-17-6-8-32-18(21(17)25)5-7-28-32/h5-8,13-15H,3-4,9-12H2,1-2H3,(H,26,27,29)/t14-,15-/m0/s1. The molecule has 1 aliphatic carbocycles. The van der Waals surface area contributed by atoms with E-state index in [1.807, 2.05) is 18.3 Å². The molecule has 0 saturated carbocycles. The molecule has 0 bridgehead atoms. The van der Waals surface area contributed by atoms with E-state index in [0.29, 0.717) is 17.0 Å². The van der Waals surface area contributed by atoms with E-state index in [-0.39, 0.29) is 5.92 Å². The summed E-state index contributed by atoms with van der Waals surface area (Å²) >= 11 is 8.32. The summed E-state index contributed by atoms with van der Waals surface area (Å²) in [4.78, 5) is 29.0.